The van der Waals surface area contributed by atoms with Crippen LogP contribution in [-0.2, 0) is 0 Å². The zero-order valence-electron chi connectivity index (χ0n) is 11.6. The lowest BCUT2D eigenvalue weighted by atomic mass is 10.2. The maximum Gasteiger partial charge on any atom is 0.338 e. The van der Waals surface area contributed by atoms with E-state index in [0.29, 0.717) is 13.1 Å². The molecule has 0 bridgehead atoms. The smallest absolute Gasteiger partial charge is 0.338 e. The molecule has 1 aliphatic rings. The fourth-order valence-electron chi connectivity index (χ4n) is 1.99. The van der Waals surface area contributed by atoms with Crippen LogP contribution in [0.1, 0.15) is 10.4 Å². The molecule has 0 radical (unpaired) electrons. The lowest BCUT2D eigenvalue weighted by Gasteiger charge is -2.32. The number of anilines is 1. The Balaban J connectivity index is 1.91. The first-order valence-electron chi connectivity index (χ1n) is 6.49. The maximum absolute atomic E-state index is 13.5. The van der Waals surface area contributed by atoms with Crippen LogP contribution in [0.2, 0.25) is 0 Å². The van der Waals surface area contributed by atoms with E-state index in [2.05, 4.69) is 15.6 Å². The average Bonchev–Trinajstić information content (AvgIpc) is 2.41. The molecule has 2 rings (SSSR count). The fourth-order valence-corrected chi connectivity index (χ4v) is 1.99. The SMILES string of the molecule is CN1CCN(NC(=O)Nc2ccc(C(=O)O)c(F)c2)CC1. The number of carboxylic acid groups (broad SMARTS) is 1. The summed E-state index contributed by atoms with van der Waals surface area (Å²) in [5, 5.41) is 13.0. The van der Waals surface area contributed by atoms with Gasteiger partial charge in [0.2, 0.25) is 0 Å². The Morgan fingerprint density at radius 3 is 2.48 bits per heavy atom. The number of rotatable bonds is 3. The molecule has 8 heteroatoms. The quantitative estimate of drug-likeness (QED) is 0.768. The number of hydrogen-bond acceptors (Lipinski definition) is 4. The summed E-state index contributed by atoms with van der Waals surface area (Å²) in [5.41, 5.74) is 2.43. The second kappa shape index (κ2) is 6.51. The molecule has 1 heterocycles. The van der Waals surface area contributed by atoms with E-state index in [1.54, 1.807) is 5.01 Å². The summed E-state index contributed by atoms with van der Waals surface area (Å²) >= 11 is 0. The standard InChI is InChI=1S/C13H17FN4O3/c1-17-4-6-18(7-5-17)16-13(21)15-9-2-3-10(12(19)20)11(14)8-9/h2-3,8H,4-7H2,1H3,(H,19,20)(H2,15,16,21). The number of urea groups is 1. The van der Waals surface area contributed by atoms with Gasteiger partial charge >= 0.3 is 12.0 Å². The number of aromatic carboxylic acids is 1. The van der Waals surface area contributed by atoms with Crippen LogP contribution in [0.4, 0.5) is 14.9 Å². The van der Waals surface area contributed by atoms with Crippen LogP contribution in [0.3, 0.4) is 0 Å². The Morgan fingerprint density at radius 2 is 1.90 bits per heavy atom. The van der Waals surface area contributed by atoms with Gasteiger partial charge < -0.3 is 15.3 Å². The summed E-state index contributed by atoms with van der Waals surface area (Å²) in [5.74, 6) is -2.24. The number of carboxylic acids is 1. The largest absolute Gasteiger partial charge is 0.478 e. The van der Waals surface area contributed by atoms with Crippen molar-refractivity contribution in [3.05, 3.63) is 29.6 Å². The zero-order chi connectivity index (χ0) is 15.4. The van der Waals surface area contributed by atoms with E-state index in [4.69, 9.17) is 5.11 Å². The van der Waals surface area contributed by atoms with Crippen LogP contribution in [0.5, 0.6) is 0 Å². The molecule has 0 atom stereocenters. The minimum absolute atomic E-state index is 0.198. The molecule has 0 unspecified atom stereocenters. The van der Waals surface area contributed by atoms with Crippen molar-refractivity contribution in [2.75, 3.05) is 38.5 Å². The summed E-state index contributed by atoms with van der Waals surface area (Å²) in [6.07, 6.45) is 0. The number of hydrazine groups is 1. The molecule has 1 fully saturated rings. The van der Waals surface area contributed by atoms with Gasteiger partial charge in [-0.15, -0.1) is 0 Å². The fraction of sp³-hybridized carbons (Fsp3) is 0.385. The third-order valence-electron chi connectivity index (χ3n) is 3.22. The lowest BCUT2D eigenvalue weighted by Crippen LogP contribution is -2.53. The first-order chi connectivity index (χ1) is 9.95. The van der Waals surface area contributed by atoms with E-state index in [0.717, 1.165) is 25.2 Å². The molecule has 2 amide bonds. The highest BCUT2D eigenvalue weighted by molar-refractivity contribution is 5.91. The Morgan fingerprint density at radius 1 is 1.24 bits per heavy atom. The van der Waals surface area contributed by atoms with Gasteiger partial charge in [-0.1, -0.05) is 0 Å². The number of hydrogen-bond donors (Lipinski definition) is 3. The Labute approximate surface area is 121 Å². The summed E-state index contributed by atoms with van der Waals surface area (Å²) < 4.78 is 13.5. The van der Waals surface area contributed by atoms with Crippen LogP contribution < -0.4 is 10.7 Å². The van der Waals surface area contributed by atoms with Gasteiger partial charge in [0, 0.05) is 31.9 Å². The van der Waals surface area contributed by atoms with Crippen molar-refractivity contribution in [1.82, 2.24) is 15.3 Å². The highest BCUT2D eigenvalue weighted by Gasteiger charge is 2.16. The third-order valence-corrected chi connectivity index (χ3v) is 3.22. The topological polar surface area (TPSA) is 84.9 Å². The second-order valence-corrected chi connectivity index (χ2v) is 4.86. The molecule has 1 aliphatic heterocycles. The van der Waals surface area contributed by atoms with Gasteiger partial charge in [-0.05, 0) is 25.2 Å². The van der Waals surface area contributed by atoms with Crippen molar-refractivity contribution in [2.24, 2.45) is 0 Å². The van der Waals surface area contributed by atoms with Crippen LogP contribution in [0.25, 0.3) is 0 Å². The van der Waals surface area contributed by atoms with E-state index in [9.17, 15) is 14.0 Å². The number of likely N-dealkylation sites (N-methyl/N-ethyl adjacent to an activating group) is 1. The van der Waals surface area contributed by atoms with Crippen molar-refractivity contribution >= 4 is 17.7 Å². The number of benzene rings is 1. The number of amides is 2. The van der Waals surface area contributed by atoms with Crippen LogP contribution in [0, 0.1) is 5.82 Å². The number of nitrogens with zero attached hydrogens (tertiary/aromatic N) is 2. The molecule has 0 spiro atoms. The molecule has 1 aromatic rings. The number of piperazine rings is 1. The summed E-state index contributed by atoms with van der Waals surface area (Å²) in [7, 11) is 2.00. The van der Waals surface area contributed by atoms with Crippen LogP contribution >= 0.6 is 0 Å². The molecule has 0 aromatic heterocycles. The minimum atomic E-state index is -1.35. The first-order valence-corrected chi connectivity index (χ1v) is 6.49. The van der Waals surface area contributed by atoms with E-state index < -0.39 is 23.4 Å². The molecule has 0 aliphatic carbocycles. The summed E-state index contributed by atoms with van der Waals surface area (Å²) in [6.45, 7) is 3.11. The normalized spacial score (nSPS) is 16.5. The molecular formula is C13H17FN4O3. The van der Waals surface area contributed by atoms with Gasteiger partial charge in [-0.25, -0.2) is 19.0 Å². The predicted molar refractivity (Wildman–Crippen MR) is 74.6 cm³/mol. The Hall–Kier alpha value is -2.19. The Bertz CT molecular complexity index is 544. The van der Waals surface area contributed by atoms with Gasteiger partial charge in [0.25, 0.3) is 0 Å². The van der Waals surface area contributed by atoms with Gasteiger partial charge in [0.15, 0.2) is 0 Å². The van der Waals surface area contributed by atoms with E-state index >= 15 is 0 Å². The highest BCUT2D eigenvalue weighted by Crippen LogP contribution is 2.14. The van der Waals surface area contributed by atoms with Crippen molar-refractivity contribution < 1.29 is 19.1 Å². The number of halogens is 1. The molecule has 21 heavy (non-hydrogen) atoms. The molecule has 3 N–H and O–H groups in total. The van der Waals surface area contributed by atoms with Crippen molar-refractivity contribution in [2.45, 2.75) is 0 Å². The van der Waals surface area contributed by atoms with E-state index in [-0.39, 0.29) is 5.69 Å². The minimum Gasteiger partial charge on any atom is -0.478 e. The van der Waals surface area contributed by atoms with Gasteiger partial charge in [0.05, 0.1) is 5.56 Å². The van der Waals surface area contributed by atoms with Gasteiger partial charge in [-0.2, -0.15) is 0 Å². The second-order valence-electron chi connectivity index (χ2n) is 4.86. The number of carbonyl (C=O) groups excluding carboxylic acids is 1. The Kier molecular flexibility index (Phi) is 4.71. The summed E-state index contributed by atoms with van der Waals surface area (Å²) in [4.78, 5) is 24.6. The first kappa shape index (κ1) is 15.2. The zero-order valence-corrected chi connectivity index (χ0v) is 11.6. The van der Waals surface area contributed by atoms with E-state index in [1.165, 1.54) is 6.07 Å². The predicted octanol–water partition coefficient (Wildman–Crippen LogP) is 0.808. The average molecular weight is 296 g/mol. The highest BCUT2D eigenvalue weighted by atomic mass is 19.1. The van der Waals surface area contributed by atoms with Crippen molar-refractivity contribution in [1.29, 1.82) is 0 Å². The van der Waals surface area contributed by atoms with Gasteiger partial charge in [0.1, 0.15) is 5.82 Å². The molecule has 1 saturated heterocycles. The lowest BCUT2D eigenvalue weighted by molar-refractivity contribution is 0.0692. The monoisotopic (exact) mass is 296 g/mol. The maximum atomic E-state index is 13.5. The third kappa shape index (κ3) is 4.14. The molecular weight excluding hydrogens is 279 g/mol. The molecule has 0 saturated carbocycles. The number of carbonyl (C=O) groups is 2. The summed E-state index contributed by atoms with van der Waals surface area (Å²) in [6, 6.07) is 2.95. The molecule has 7 nitrogen and oxygen atoms in total. The van der Waals surface area contributed by atoms with Crippen LogP contribution in [0.15, 0.2) is 18.2 Å². The molecule has 114 valence electrons. The van der Waals surface area contributed by atoms with Crippen molar-refractivity contribution in [3.8, 4) is 0 Å². The van der Waals surface area contributed by atoms with Gasteiger partial charge in [-0.3, -0.25) is 5.43 Å². The van der Waals surface area contributed by atoms with E-state index in [1.807, 2.05) is 7.05 Å². The molecule has 1 aromatic carbocycles. The number of nitrogens with one attached hydrogen (secondary N) is 2. The van der Waals surface area contributed by atoms with Crippen molar-refractivity contribution in [3.63, 3.8) is 0 Å². The van der Waals surface area contributed by atoms with Crippen LogP contribution in [-0.4, -0.2) is 60.2 Å².